The maximum Gasteiger partial charge on any atom is 0.252 e. The second-order valence-corrected chi connectivity index (χ2v) is 5.78. The van der Waals surface area contributed by atoms with Crippen LogP contribution in [0.1, 0.15) is 5.82 Å². The van der Waals surface area contributed by atoms with Crippen LogP contribution in [0.25, 0.3) is 0 Å². The number of rotatable bonds is 4. The zero-order valence-electron chi connectivity index (χ0n) is 11.4. The Morgan fingerprint density at radius 1 is 1.36 bits per heavy atom. The molecule has 0 atom stereocenters. The van der Waals surface area contributed by atoms with Crippen molar-refractivity contribution in [1.82, 2.24) is 14.9 Å². The molecule has 22 heavy (non-hydrogen) atoms. The number of carbonyl (C=O) groups excluding carboxylic acids is 1. The topological polar surface area (TPSA) is 60.3 Å². The summed E-state index contributed by atoms with van der Waals surface area (Å²) in [5, 5.41) is 10.9. The summed E-state index contributed by atoms with van der Waals surface area (Å²) in [6.07, 6.45) is 5.33. The highest BCUT2D eigenvalue weighted by atomic mass is 35.5. The average Bonchev–Trinajstić information content (AvgIpc) is 2.93. The smallest absolute Gasteiger partial charge is 0.252 e. The van der Waals surface area contributed by atoms with Gasteiger partial charge in [-0.25, -0.2) is 9.69 Å². The zero-order chi connectivity index (χ0) is 15.5. The summed E-state index contributed by atoms with van der Waals surface area (Å²) < 4.78 is 7.27. The van der Waals surface area contributed by atoms with E-state index in [4.69, 9.17) is 22.8 Å². The van der Waals surface area contributed by atoms with Gasteiger partial charge in [-0.05, 0) is 24.3 Å². The number of terminal acetylenes is 1. The lowest BCUT2D eigenvalue weighted by Gasteiger charge is -2.27. The average molecular weight is 335 g/mol. The first-order valence-electron chi connectivity index (χ1n) is 6.38. The molecule has 1 aliphatic rings. The molecule has 0 spiro atoms. The van der Waals surface area contributed by atoms with E-state index in [1.165, 1.54) is 16.8 Å². The molecule has 2 aromatic rings. The summed E-state index contributed by atoms with van der Waals surface area (Å²) in [7, 11) is 0. The van der Waals surface area contributed by atoms with E-state index in [0.29, 0.717) is 27.5 Å². The maximum atomic E-state index is 12.0. The van der Waals surface area contributed by atoms with Gasteiger partial charge in [-0.3, -0.25) is 4.79 Å². The fourth-order valence-corrected chi connectivity index (χ4v) is 2.91. The van der Waals surface area contributed by atoms with Crippen molar-refractivity contribution in [2.75, 3.05) is 17.3 Å². The largest absolute Gasteiger partial charge is 0.486 e. The van der Waals surface area contributed by atoms with Crippen LogP contribution in [0.15, 0.2) is 29.4 Å². The molecule has 0 unspecified atom stereocenters. The molecule has 0 fully saturated rings. The van der Waals surface area contributed by atoms with Crippen molar-refractivity contribution in [3.05, 3.63) is 35.1 Å². The summed E-state index contributed by atoms with van der Waals surface area (Å²) in [6, 6.07) is 6.99. The van der Waals surface area contributed by atoms with Crippen LogP contribution in [0.4, 0.5) is 0 Å². The number of hydrogen-bond acceptors (Lipinski definition) is 5. The van der Waals surface area contributed by atoms with Gasteiger partial charge in [0.25, 0.3) is 5.91 Å². The molecule has 112 valence electrons. The summed E-state index contributed by atoms with van der Waals surface area (Å²) in [4.78, 5) is 12.0. The first kappa shape index (κ1) is 14.8. The van der Waals surface area contributed by atoms with Crippen molar-refractivity contribution in [3.63, 3.8) is 0 Å². The predicted molar refractivity (Wildman–Crippen MR) is 83.5 cm³/mol. The first-order valence-corrected chi connectivity index (χ1v) is 7.75. The van der Waals surface area contributed by atoms with E-state index in [1.54, 1.807) is 28.9 Å². The van der Waals surface area contributed by atoms with Crippen LogP contribution in [0.3, 0.4) is 0 Å². The normalized spacial score (nSPS) is 13.6. The van der Waals surface area contributed by atoms with Gasteiger partial charge in [-0.1, -0.05) is 29.3 Å². The molecule has 3 rings (SSSR count). The summed E-state index contributed by atoms with van der Waals surface area (Å²) in [5.74, 6) is 3.86. The monoisotopic (exact) mass is 334 g/mol. The Morgan fingerprint density at radius 3 is 2.86 bits per heavy atom. The third-order valence-corrected chi connectivity index (χ3v) is 4.11. The van der Waals surface area contributed by atoms with Gasteiger partial charge in [0.05, 0.1) is 5.75 Å². The maximum absolute atomic E-state index is 12.0. The van der Waals surface area contributed by atoms with Crippen molar-refractivity contribution in [2.45, 2.75) is 11.8 Å². The molecule has 1 amide bonds. The molecule has 0 bridgehead atoms. The minimum Gasteiger partial charge on any atom is -0.486 e. The van der Waals surface area contributed by atoms with Gasteiger partial charge in [-0.15, -0.1) is 16.6 Å². The van der Waals surface area contributed by atoms with E-state index >= 15 is 0 Å². The Labute approximate surface area is 136 Å². The Hall–Kier alpha value is -2.17. The van der Waals surface area contributed by atoms with E-state index in [9.17, 15) is 4.79 Å². The number of amides is 1. The minimum atomic E-state index is -0.0806. The second kappa shape index (κ2) is 6.30. The molecule has 0 N–H and O–H groups in total. The summed E-state index contributed by atoms with van der Waals surface area (Å²) >= 11 is 7.16. The minimum absolute atomic E-state index is 0.0806. The predicted octanol–water partition coefficient (Wildman–Crippen LogP) is 1.71. The highest BCUT2D eigenvalue weighted by Crippen LogP contribution is 2.24. The molecule has 6 nitrogen and oxygen atoms in total. The molecule has 1 aromatic heterocycles. The standard InChI is InChI=1S/C14H11ClN4O2S/c1-2-7-18-13(20)9-22-14-17-16-12(19(14)18)8-21-11-5-3-10(15)4-6-11/h1,3-6H,7-9H2. The molecule has 0 radical (unpaired) electrons. The van der Waals surface area contributed by atoms with Gasteiger partial charge in [0.1, 0.15) is 18.9 Å². The van der Waals surface area contributed by atoms with Crippen LogP contribution in [-0.4, -0.2) is 33.1 Å². The lowest BCUT2D eigenvalue weighted by atomic mass is 10.3. The van der Waals surface area contributed by atoms with Gasteiger partial charge in [-0.2, -0.15) is 0 Å². The number of nitrogens with zero attached hydrogens (tertiary/aromatic N) is 4. The Balaban J connectivity index is 1.81. The molecule has 1 aliphatic heterocycles. The Bertz CT molecular complexity index is 738. The molecule has 8 heteroatoms. The number of carbonyl (C=O) groups is 1. The molecular formula is C14H11ClN4O2S. The number of fused-ring (bicyclic) bond motifs is 1. The Kier molecular flexibility index (Phi) is 4.22. The van der Waals surface area contributed by atoms with E-state index < -0.39 is 0 Å². The van der Waals surface area contributed by atoms with Crippen LogP contribution < -0.4 is 9.75 Å². The fraction of sp³-hybridized carbons (Fsp3) is 0.214. The lowest BCUT2D eigenvalue weighted by Crippen LogP contribution is -2.46. The van der Waals surface area contributed by atoms with Crippen molar-refractivity contribution in [1.29, 1.82) is 0 Å². The number of benzene rings is 1. The second-order valence-electron chi connectivity index (χ2n) is 4.40. The number of hydrogen-bond donors (Lipinski definition) is 0. The van der Waals surface area contributed by atoms with E-state index in [2.05, 4.69) is 16.1 Å². The molecule has 2 heterocycles. The van der Waals surface area contributed by atoms with Gasteiger partial charge in [0.2, 0.25) is 5.16 Å². The highest BCUT2D eigenvalue weighted by Gasteiger charge is 2.28. The van der Waals surface area contributed by atoms with E-state index in [-0.39, 0.29) is 19.1 Å². The van der Waals surface area contributed by atoms with Crippen LogP contribution in [0.2, 0.25) is 5.02 Å². The number of ether oxygens (including phenoxy) is 1. The molecule has 0 saturated heterocycles. The summed E-state index contributed by atoms with van der Waals surface area (Å²) in [5.41, 5.74) is 0. The zero-order valence-corrected chi connectivity index (χ0v) is 13.0. The molecular weight excluding hydrogens is 324 g/mol. The SMILES string of the molecule is C#CCN1C(=O)CSc2nnc(COc3ccc(Cl)cc3)n21. The van der Waals surface area contributed by atoms with Crippen LogP contribution >= 0.6 is 23.4 Å². The van der Waals surface area contributed by atoms with Gasteiger partial charge in [0.15, 0.2) is 5.82 Å². The molecule has 1 aromatic carbocycles. The fourth-order valence-electron chi connectivity index (χ4n) is 1.95. The highest BCUT2D eigenvalue weighted by molar-refractivity contribution is 7.99. The van der Waals surface area contributed by atoms with Crippen molar-refractivity contribution in [2.24, 2.45) is 0 Å². The van der Waals surface area contributed by atoms with Crippen LogP contribution in [0.5, 0.6) is 5.75 Å². The van der Waals surface area contributed by atoms with Crippen molar-refractivity contribution < 1.29 is 9.53 Å². The number of aromatic nitrogens is 3. The first-order chi connectivity index (χ1) is 10.7. The Morgan fingerprint density at radius 2 is 2.14 bits per heavy atom. The quantitative estimate of drug-likeness (QED) is 0.797. The number of thioether (sulfide) groups is 1. The van der Waals surface area contributed by atoms with Gasteiger partial charge < -0.3 is 4.74 Å². The van der Waals surface area contributed by atoms with Gasteiger partial charge >= 0.3 is 0 Å². The van der Waals surface area contributed by atoms with Crippen LogP contribution in [-0.2, 0) is 11.4 Å². The van der Waals surface area contributed by atoms with Crippen molar-refractivity contribution >= 4 is 29.3 Å². The van der Waals surface area contributed by atoms with E-state index in [0.717, 1.165) is 0 Å². The third kappa shape index (κ3) is 2.89. The van der Waals surface area contributed by atoms with E-state index in [1.807, 2.05) is 0 Å². The number of halogens is 1. The molecule has 0 saturated carbocycles. The third-order valence-electron chi connectivity index (χ3n) is 2.95. The van der Waals surface area contributed by atoms with Crippen molar-refractivity contribution in [3.8, 4) is 18.1 Å². The molecule has 0 aliphatic carbocycles. The van der Waals surface area contributed by atoms with Gasteiger partial charge in [0, 0.05) is 5.02 Å². The lowest BCUT2D eigenvalue weighted by molar-refractivity contribution is -0.117. The van der Waals surface area contributed by atoms with Crippen LogP contribution in [0, 0.1) is 12.3 Å². The summed E-state index contributed by atoms with van der Waals surface area (Å²) in [6.45, 7) is 0.335.